The molecule has 0 spiro atoms. The SMILES string of the molecule is COc1ccc(CCCBr)cc1Cc1cc(CCCBr)ccc1OC. The van der Waals surface area contributed by atoms with Gasteiger partial charge in [0.25, 0.3) is 0 Å². The quantitative estimate of drug-likeness (QED) is 0.400. The Kier molecular flexibility index (Phi) is 8.83. The van der Waals surface area contributed by atoms with Crippen LogP contribution in [0.15, 0.2) is 36.4 Å². The Hall–Kier alpha value is -1.00. The number of hydrogen-bond acceptors (Lipinski definition) is 2. The van der Waals surface area contributed by atoms with Gasteiger partial charge in [0.05, 0.1) is 14.2 Å². The lowest BCUT2D eigenvalue weighted by molar-refractivity contribution is 0.405. The summed E-state index contributed by atoms with van der Waals surface area (Å²) in [5.74, 6) is 1.88. The van der Waals surface area contributed by atoms with E-state index in [2.05, 4.69) is 68.3 Å². The molecule has 0 radical (unpaired) electrons. The van der Waals surface area contributed by atoms with Crippen molar-refractivity contribution in [1.29, 1.82) is 0 Å². The van der Waals surface area contributed by atoms with Crippen LogP contribution in [-0.2, 0) is 19.3 Å². The van der Waals surface area contributed by atoms with Crippen LogP contribution in [0.4, 0.5) is 0 Å². The topological polar surface area (TPSA) is 18.5 Å². The maximum atomic E-state index is 5.59. The van der Waals surface area contributed by atoms with Crippen molar-refractivity contribution in [2.24, 2.45) is 0 Å². The van der Waals surface area contributed by atoms with E-state index in [0.29, 0.717) is 0 Å². The highest BCUT2D eigenvalue weighted by atomic mass is 79.9. The molecule has 0 aromatic heterocycles. The first-order valence-electron chi connectivity index (χ1n) is 8.65. The number of ether oxygens (including phenoxy) is 2. The van der Waals surface area contributed by atoms with E-state index < -0.39 is 0 Å². The van der Waals surface area contributed by atoms with Gasteiger partial charge in [-0.05, 0) is 60.1 Å². The summed E-state index contributed by atoms with van der Waals surface area (Å²) in [5, 5.41) is 2.05. The molecule has 0 unspecified atom stereocenters. The molecule has 0 bridgehead atoms. The van der Waals surface area contributed by atoms with Gasteiger partial charge in [0.2, 0.25) is 0 Å². The van der Waals surface area contributed by atoms with Crippen molar-refractivity contribution in [3.8, 4) is 11.5 Å². The van der Waals surface area contributed by atoms with Crippen molar-refractivity contribution in [2.75, 3.05) is 24.9 Å². The molecule has 2 aromatic rings. The average Bonchev–Trinajstić information content (AvgIpc) is 2.65. The summed E-state index contributed by atoms with van der Waals surface area (Å²) in [7, 11) is 3.47. The zero-order valence-electron chi connectivity index (χ0n) is 15.0. The van der Waals surface area contributed by atoms with E-state index in [4.69, 9.17) is 9.47 Å². The molecule has 0 fully saturated rings. The molecule has 0 N–H and O–H groups in total. The molecule has 0 atom stereocenters. The van der Waals surface area contributed by atoms with Gasteiger partial charge in [-0.25, -0.2) is 0 Å². The summed E-state index contributed by atoms with van der Waals surface area (Å²) in [5.41, 5.74) is 5.13. The van der Waals surface area contributed by atoms with Crippen LogP contribution in [0.1, 0.15) is 35.1 Å². The molecule has 25 heavy (non-hydrogen) atoms. The first-order chi connectivity index (χ1) is 12.2. The fourth-order valence-electron chi connectivity index (χ4n) is 3.00. The van der Waals surface area contributed by atoms with Crippen LogP contribution in [0.2, 0.25) is 0 Å². The maximum Gasteiger partial charge on any atom is 0.122 e. The molecule has 0 aliphatic rings. The molecule has 2 aromatic carbocycles. The van der Waals surface area contributed by atoms with Crippen LogP contribution in [-0.4, -0.2) is 24.9 Å². The van der Waals surface area contributed by atoms with Gasteiger partial charge >= 0.3 is 0 Å². The summed E-state index contributed by atoms with van der Waals surface area (Å²) in [6.07, 6.45) is 5.24. The Labute approximate surface area is 168 Å². The Balaban J connectivity index is 2.29. The zero-order valence-corrected chi connectivity index (χ0v) is 18.2. The third kappa shape index (κ3) is 6.03. The molecular formula is C21H26Br2O2. The summed E-state index contributed by atoms with van der Waals surface area (Å²) in [6.45, 7) is 0. The number of alkyl halides is 2. The number of rotatable bonds is 10. The predicted octanol–water partition coefficient (Wildman–Crippen LogP) is 5.95. The summed E-state index contributed by atoms with van der Waals surface area (Å²) >= 11 is 7.02. The molecule has 0 saturated carbocycles. The van der Waals surface area contributed by atoms with Crippen molar-refractivity contribution in [3.63, 3.8) is 0 Å². The molecule has 2 rings (SSSR count). The van der Waals surface area contributed by atoms with Crippen molar-refractivity contribution in [2.45, 2.75) is 32.1 Å². The molecule has 2 nitrogen and oxygen atoms in total. The Bertz CT molecular complexity index is 613. The van der Waals surface area contributed by atoms with Crippen LogP contribution in [0.3, 0.4) is 0 Å². The van der Waals surface area contributed by atoms with Crippen LogP contribution in [0.25, 0.3) is 0 Å². The predicted molar refractivity (Wildman–Crippen MR) is 113 cm³/mol. The smallest absolute Gasteiger partial charge is 0.122 e. The van der Waals surface area contributed by atoms with Gasteiger partial charge < -0.3 is 9.47 Å². The highest BCUT2D eigenvalue weighted by Gasteiger charge is 2.11. The largest absolute Gasteiger partial charge is 0.496 e. The summed E-state index contributed by atoms with van der Waals surface area (Å²) < 4.78 is 11.2. The van der Waals surface area contributed by atoms with Crippen LogP contribution in [0.5, 0.6) is 11.5 Å². The van der Waals surface area contributed by atoms with Crippen LogP contribution in [0, 0.1) is 0 Å². The normalized spacial score (nSPS) is 10.7. The molecular weight excluding hydrogens is 444 g/mol. The second-order valence-corrected chi connectivity index (χ2v) is 7.64. The van der Waals surface area contributed by atoms with Gasteiger partial charge in [0, 0.05) is 17.1 Å². The fraction of sp³-hybridized carbons (Fsp3) is 0.429. The van der Waals surface area contributed by atoms with E-state index in [1.807, 2.05) is 0 Å². The van der Waals surface area contributed by atoms with Crippen molar-refractivity contribution in [1.82, 2.24) is 0 Å². The van der Waals surface area contributed by atoms with Gasteiger partial charge in [-0.15, -0.1) is 0 Å². The van der Waals surface area contributed by atoms with E-state index in [-0.39, 0.29) is 0 Å². The standard InChI is InChI=1S/C21H26Br2O2/c1-24-20-9-7-16(5-3-11-22)13-18(20)15-19-14-17(6-4-12-23)8-10-21(19)25-2/h7-10,13-14H,3-6,11-12,15H2,1-2H3. The fourth-order valence-corrected chi connectivity index (χ4v) is 3.56. The number of methoxy groups -OCH3 is 2. The third-order valence-corrected chi connectivity index (χ3v) is 5.39. The third-order valence-electron chi connectivity index (χ3n) is 4.27. The molecule has 4 heteroatoms. The van der Waals surface area contributed by atoms with E-state index in [0.717, 1.165) is 54.3 Å². The number of benzene rings is 2. The van der Waals surface area contributed by atoms with E-state index in [9.17, 15) is 0 Å². The van der Waals surface area contributed by atoms with Gasteiger partial charge in [0.1, 0.15) is 11.5 Å². The molecule has 0 amide bonds. The number of hydrogen-bond donors (Lipinski definition) is 0. The molecule has 0 aliphatic heterocycles. The minimum absolute atomic E-state index is 0.816. The number of aryl methyl sites for hydroxylation is 2. The first-order valence-corrected chi connectivity index (χ1v) is 10.9. The Morgan fingerprint density at radius 3 is 1.52 bits per heavy atom. The number of halogens is 2. The second kappa shape index (κ2) is 10.9. The molecule has 0 heterocycles. The highest BCUT2D eigenvalue weighted by Crippen LogP contribution is 2.29. The monoisotopic (exact) mass is 468 g/mol. The Morgan fingerprint density at radius 1 is 0.720 bits per heavy atom. The van der Waals surface area contributed by atoms with Gasteiger partial charge in [-0.3, -0.25) is 0 Å². The van der Waals surface area contributed by atoms with Crippen molar-refractivity contribution < 1.29 is 9.47 Å². The van der Waals surface area contributed by atoms with Crippen LogP contribution < -0.4 is 9.47 Å². The molecule has 0 aliphatic carbocycles. The summed E-state index contributed by atoms with van der Waals surface area (Å²) in [4.78, 5) is 0. The van der Waals surface area contributed by atoms with Crippen LogP contribution >= 0.6 is 31.9 Å². The maximum absolute atomic E-state index is 5.59. The van der Waals surface area contributed by atoms with Gasteiger partial charge in [-0.2, -0.15) is 0 Å². The van der Waals surface area contributed by atoms with Gasteiger partial charge in [-0.1, -0.05) is 56.1 Å². The second-order valence-electron chi connectivity index (χ2n) is 6.05. The summed E-state index contributed by atoms with van der Waals surface area (Å²) in [6, 6.07) is 13.0. The average molecular weight is 470 g/mol. The zero-order chi connectivity index (χ0) is 18.1. The Morgan fingerprint density at radius 2 is 1.16 bits per heavy atom. The van der Waals surface area contributed by atoms with E-state index in [1.165, 1.54) is 22.3 Å². The minimum atomic E-state index is 0.816. The van der Waals surface area contributed by atoms with Gasteiger partial charge in [0.15, 0.2) is 0 Å². The van der Waals surface area contributed by atoms with Crippen molar-refractivity contribution in [3.05, 3.63) is 58.7 Å². The van der Waals surface area contributed by atoms with Crippen molar-refractivity contribution >= 4 is 31.9 Å². The minimum Gasteiger partial charge on any atom is -0.496 e. The first kappa shape index (κ1) is 20.3. The van der Waals surface area contributed by atoms with E-state index in [1.54, 1.807) is 14.2 Å². The highest BCUT2D eigenvalue weighted by molar-refractivity contribution is 9.09. The lowest BCUT2D eigenvalue weighted by atomic mass is 9.97. The van der Waals surface area contributed by atoms with E-state index >= 15 is 0 Å². The lowest BCUT2D eigenvalue weighted by Crippen LogP contribution is -2.00. The lowest BCUT2D eigenvalue weighted by Gasteiger charge is -2.14. The molecule has 0 saturated heterocycles. The molecule has 136 valence electrons.